The zero-order valence-corrected chi connectivity index (χ0v) is 15.2. The van der Waals surface area contributed by atoms with Crippen molar-refractivity contribution in [3.8, 4) is 5.75 Å². The highest BCUT2D eigenvalue weighted by Crippen LogP contribution is 2.38. The molecule has 0 aromatic heterocycles. The van der Waals surface area contributed by atoms with Gasteiger partial charge in [-0.2, -0.15) is 0 Å². The van der Waals surface area contributed by atoms with E-state index in [1.165, 1.54) is 37.7 Å². The lowest BCUT2D eigenvalue weighted by Gasteiger charge is -2.29. The van der Waals surface area contributed by atoms with Crippen LogP contribution in [0.2, 0.25) is 0 Å². The van der Waals surface area contributed by atoms with Crippen LogP contribution in [0, 0.1) is 5.92 Å². The molecule has 20 heavy (non-hydrogen) atoms. The van der Waals surface area contributed by atoms with Crippen LogP contribution in [0.1, 0.15) is 44.6 Å². The van der Waals surface area contributed by atoms with Crippen LogP contribution < -0.4 is 10.5 Å². The maximum Gasteiger partial charge on any atom is 0.148 e. The zero-order chi connectivity index (χ0) is 14.5. The van der Waals surface area contributed by atoms with E-state index in [0.717, 1.165) is 27.0 Å². The summed E-state index contributed by atoms with van der Waals surface area (Å²) in [6, 6.07) is 4.23. The van der Waals surface area contributed by atoms with Crippen molar-refractivity contribution < 1.29 is 4.74 Å². The molecule has 0 spiro atoms. The number of halogens is 2. The van der Waals surface area contributed by atoms with Crippen LogP contribution in [-0.4, -0.2) is 12.6 Å². The molecule has 2 N–H and O–H groups in total. The highest BCUT2D eigenvalue weighted by atomic mass is 79.9. The van der Waals surface area contributed by atoms with Gasteiger partial charge in [0.1, 0.15) is 5.75 Å². The Hall–Kier alpha value is -0.0600. The Balaban J connectivity index is 2.02. The first-order valence-corrected chi connectivity index (χ1v) is 9.07. The Morgan fingerprint density at radius 3 is 2.25 bits per heavy atom. The molecular formula is C16H23Br2NO. The molecule has 1 aromatic rings. The van der Waals surface area contributed by atoms with Gasteiger partial charge in [-0.3, -0.25) is 0 Å². The first kappa shape index (κ1) is 16.3. The monoisotopic (exact) mass is 403 g/mol. The second kappa shape index (κ2) is 7.81. The predicted octanol–water partition coefficient (Wildman–Crippen LogP) is 5.06. The Morgan fingerprint density at radius 2 is 1.75 bits per heavy atom. The zero-order valence-electron chi connectivity index (χ0n) is 12.0. The van der Waals surface area contributed by atoms with Crippen molar-refractivity contribution in [1.82, 2.24) is 0 Å². The summed E-state index contributed by atoms with van der Waals surface area (Å²) in [5.41, 5.74) is 6.84. The summed E-state index contributed by atoms with van der Waals surface area (Å²) in [6.45, 7) is 2.95. The summed E-state index contributed by atoms with van der Waals surface area (Å²) in [6.07, 6.45) is 7.46. The van der Waals surface area contributed by atoms with Gasteiger partial charge in [0, 0.05) is 0 Å². The van der Waals surface area contributed by atoms with Gasteiger partial charge in [-0.05, 0) is 94.1 Å². The average molecular weight is 405 g/mol. The van der Waals surface area contributed by atoms with Gasteiger partial charge in [-0.15, -0.1) is 0 Å². The molecule has 0 aliphatic heterocycles. The molecule has 1 saturated carbocycles. The molecule has 0 heterocycles. The van der Waals surface area contributed by atoms with Gasteiger partial charge in [-0.1, -0.05) is 13.3 Å². The Bertz CT molecular complexity index is 419. The molecule has 1 aliphatic carbocycles. The van der Waals surface area contributed by atoms with Crippen molar-refractivity contribution in [3.63, 3.8) is 0 Å². The lowest BCUT2D eigenvalue weighted by molar-refractivity contribution is 0.128. The number of rotatable bonds is 5. The number of ether oxygens (including phenoxy) is 1. The van der Waals surface area contributed by atoms with E-state index in [1.807, 2.05) is 0 Å². The van der Waals surface area contributed by atoms with Crippen LogP contribution in [0.4, 0.5) is 0 Å². The van der Waals surface area contributed by atoms with Gasteiger partial charge < -0.3 is 10.5 Å². The predicted molar refractivity (Wildman–Crippen MR) is 91.3 cm³/mol. The van der Waals surface area contributed by atoms with Crippen molar-refractivity contribution in [1.29, 1.82) is 0 Å². The third-order valence-electron chi connectivity index (χ3n) is 4.15. The second-order valence-corrected chi connectivity index (χ2v) is 7.30. The number of hydrogen-bond acceptors (Lipinski definition) is 2. The standard InChI is InChI=1S/C16H23Br2NO/c1-2-11-3-5-13(6-4-11)20-16-14(17)9-12(7-8-19)10-15(16)18/h9-11,13H,2-8,19H2,1H3. The smallest absolute Gasteiger partial charge is 0.148 e. The summed E-state index contributed by atoms with van der Waals surface area (Å²) in [4.78, 5) is 0. The van der Waals surface area contributed by atoms with Crippen molar-refractivity contribution in [3.05, 3.63) is 26.6 Å². The fourth-order valence-corrected chi connectivity index (χ4v) is 4.33. The van der Waals surface area contributed by atoms with Crippen LogP contribution in [0.5, 0.6) is 5.75 Å². The van der Waals surface area contributed by atoms with E-state index in [9.17, 15) is 0 Å². The van der Waals surface area contributed by atoms with Crippen molar-refractivity contribution in [2.45, 2.75) is 51.6 Å². The summed E-state index contributed by atoms with van der Waals surface area (Å²) in [5, 5.41) is 0. The fourth-order valence-electron chi connectivity index (χ4n) is 2.86. The van der Waals surface area contributed by atoms with Gasteiger partial charge in [0.2, 0.25) is 0 Å². The van der Waals surface area contributed by atoms with Crippen LogP contribution in [-0.2, 0) is 6.42 Å². The van der Waals surface area contributed by atoms with Crippen LogP contribution in [0.25, 0.3) is 0 Å². The highest BCUT2D eigenvalue weighted by molar-refractivity contribution is 9.11. The second-order valence-electron chi connectivity index (χ2n) is 5.60. The van der Waals surface area contributed by atoms with Gasteiger partial charge >= 0.3 is 0 Å². The van der Waals surface area contributed by atoms with E-state index in [4.69, 9.17) is 10.5 Å². The molecule has 1 aliphatic rings. The number of nitrogens with two attached hydrogens (primary N) is 1. The van der Waals surface area contributed by atoms with E-state index < -0.39 is 0 Å². The Morgan fingerprint density at radius 1 is 1.15 bits per heavy atom. The van der Waals surface area contributed by atoms with Gasteiger partial charge in [-0.25, -0.2) is 0 Å². The molecule has 0 bridgehead atoms. The van der Waals surface area contributed by atoms with Crippen molar-refractivity contribution in [2.24, 2.45) is 11.7 Å². The van der Waals surface area contributed by atoms with E-state index in [2.05, 4.69) is 50.9 Å². The molecule has 2 rings (SSSR count). The van der Waals surface area contributed by atoms with Gasteiger partial charge in [0.05, 0.1) is 15.0 Å². The Kier molecular flexibility index (Phi) is 6.37. The summed E-state index contributed by atoms with van der Waals surface area (Å²) < 4.78 is 8.26. The number of benzene rings is 1. The lowest BCUT2D eigenvalue weighted by atomic mass is 9.86. The maximum absolute atomic E-state index is 6.22. The maximum atomic E-state index is 6.22. The molecule has 0 unspecified atom stereocenters. The molecule has 1 fully saturated rings. The summed E-state index contributed by atoms with van der Waals surface area (Å²) in [5.74, 6) is 1.83. The molecular weight excluding hydrogens is 382 g/mol. The minimum absolute atomic E-state index is 0.353. The topological polar surface area (TPSA) is 35.2 Å². The molecule has 0 amide bonds. The van der Waals surface area contributed by atoms with Crippen LogP contribution >= 0.6 is 31.9 Å². The van der Waals surface area contributed by atoms with Crippen molar-refractivity contribution >= 4 is 31.9 Å². The van der Waals surface area contributed by atoms with Gasteiger partial charge in [0.25, 0.3) is 0 Å². The summed E-state index contributed by atoms with van der Waals surface area (Å²) in [7, 11) is 0. The first-order chi connectivity index (χ1) is 9.63. The molecule has 0 saturated heterocycles. The van der Waals surface area contributed by atoms with E-state index in [0.29, 0.717) is 12.6 Å². The molecule has 2 nitrogen and oxygen atoms in total. The lowest BCUT2D eigenvalue weighted by Crippen LogP contribution is -2.24. The van der Waals surface area contributed by atoms with E-state index in [1.54, 1.807) is 0 Å². The SMILES string of the molecule is CCC1CCC(Oc2c(Br)cc(CCN)cc2Br)CC1. The van der Waals surface area contributed by atoms with Crippen LogP contribution in [0.3, 0.4) is 0 Å². The first-order valence-electron chi connectivity index (χ1n) is 7.48. The van der Waals surface area contributed by atoms with E-state index >= 15 is 0 Å². The molecule has 0 atom stereocenters. The third-order valence-corrected chi connectivity index (χ3v) is 5.32. The van der Waals surface area contributed by atoms with Gasteiger partial charge in [0.15, 0.2) is 0 Å². The summed E-state index contributed by atoms with van der Waals surface area (Å²) >= 11 is 7.25. The molecule has 0 radical (unpaired) electrons. The van der Waals surface area contributed by atoms with Crippen molar-refractivity contribution in [2.75, 3.05) is 6.54 Å². The van der Waals surface area contributed by atoms with E-state index in [-0.39, 0.29) is 0 Å². The minimum Gasteiger partial charge on any atom is -0.488 e. The largest absolute Gasteiger partial charge is 0.488 e. The normalized spacial score (nSPS) is 22.8. The fraction of sp³-hybridized carbons (Fsp3) is 0.625. The quantitative estimate of drug-likeness (QED) is 0.744. The third kappa shape index (κ3) is 4.22. The molecule has 1 aromatic carbocycles. The minimum atomic E-state index is 0.353. The highest BCUT2D eigenvalue weighted by Gasteiger charge is 2.22. The Labute approximate surface area is 138 Å². The molecule has 4 heteroatoms. The number of hydrogen-bond donors (Lipinski definition) is 1. The van der Waals surface area contributed by atoms with Crippen LogP contribution in [0.15, 0.2) is 21.1 Å². The average Bonchev–Trinajstić information content (AvgIpc) is 2.44. The molecule has 112 valence electrons.